The van der Waals surface area contributed by atoms with E-state index in [9.17, 15) is 21.6 Å². The highest BCUT2D eigenvalue weighted by Crippen LogP contribution is 2.36. The van der Waals surface area contributed by atoms with Crippen molar-refractivity contribution in [3.63, 3.8) is 0 Å². The van der Waals surface area contributed by atoms with Crippen LogP contribution in [-0.2, 0) is 30.6 Å². The topological polar surface area (TPSA) is 140 Å². The zero-order valence-electron chi connectivity index (χ0n) is 23.3. The fourth-order valence-electron chi connectivity index (χ4n) is 4.50. The SMILES string of the molecule is COc1ccc(OC)c(NS(=O)(=O)c2ccc(NC(=O)[C@H]3CN(S(=O)(=O)Cc4ccccc4)c4ccccc4O3)cc2)c1. The minimum absolute atomic E-state index is 0.0589. The molecule has 43 heavy (non-hydrogen) atoms. The molecule has 13 heteroatoms. The third-order valence-corrected chi connectivity index (χ3v) is 9.73. The van der Waals surface area contributed by atoms with Gasteiger partial charge in [-0.1, -0.05) is 42.5 Å². The highest BCUT2D eigenvalue weighted by Gasteiger charge is 2.36. The molecule has 0 spiro atoms. The van der Waals surface area contributed by atoms with E-state index in [-0.39, 0.29) is 28.6 Å². The zero-order chi connectivity index (χ0) is 30.6. The summed E-state index contributed by atoms with van der Waals surface area (Å²) in [6, 6.07) is 25.6. The highest BCUT2D eigenvalue weighted by atomic mass is 32.2. The van der Waals surface area contributed by atoms with Crippen LogP contribution in [0.5, 0.6) is 17.2 Å². The summed E-state index contributed by atoms with van der Waals surface area (Å²) in [7, 11) is -5.00. The van der Waals surface area contributed by atoms with Crippen molar-refractivity contribution in [1.82, 2.24) is 0 Å². The Labute approximate surface area is 250 Å². The van der Waals surface area contributed by atoms with Crippen LogP contribution in [0.25, 0.3) is 0 Å². The van der Waals surface area contributed by atoms with Gasteiger partial charge in [0, 0.05) is 11.8 Å². The third kappa shape index (κ3) is 6.68. The highest BCUT2D eigenvalue weighted by molar-refractivity contribution is 7.92. The molecule has 1 heterocycles. The van der Waals surface area contributed by atoms with E-state index >= 15 is 0 Å². The first-order valence-electron chi connectivity index (χ1n) is 13.1. The molecule has 0 aliphatic carbocycles. The Hall–Kier alpha value is -4.75. The Balaban J connectivity index is 1.31. The van der Waals surface area contributed by atoms with Crippen LogP contribution < -0.4 is 28.6 Å². The number of nitrogens with zero attached hydrogens (tertiary/aromatic N) is 1. The first-order valence-corrected chi connectivity index (χ1v) is 16.1. The van der Waals surface area contributed by atoms with Crippen molar-refractivity contribution in [3.8, 4) is 17.2 Å². The van der Waals surface area contributed by atoms with Crippen LogP contribution in [0.1, 0.15) is 5.56 Å². The van der Waals surface area contributed by atoms with Crippen LogP contribution in [0.3, 0.4) is 0 Å². The summed E-state index contributed by atoms with van der Waals surface area (Å²) in [6.07, 6.45) is -1.16. The Morgan fingerprint density at radius 2 is 1.58 bits per heavy atom. The van der Waals surface area contributed by atoms with Crippen molar-refractivity contribution >= 4 is 43.0 Å². The van der Waals surface area contributed by atoms with Crippen LogP contribution >= 0.6 is 0 Å². The Bertz CT molecular complexity index is 1830. The number of hydrogen-bond donors (Lipinski definition) is 2. The van der Waals surface area contributed by atoms with Gasteiger partial charge in [-0.2, -0.15) is 0 Å². The third-order valence-electron chi connectivity index (χ3n) is 6.64. The number of ether oxygens (including phenoxy) is 3. The normalized spacial score (nSPS) is 14.7. The summed E-state index contributed by atoms with van der Waals surface area (Å²) in [6.45, 7) is -0.239. The van der Waals surface area contributed by atoms with E-state index in [1.807, 2.05) is 0 Å². The quantitative estimate of drug-likeness (QED) is 0.267. The van der Waals surface area contributed by atoms with Crippen molar-refractivity contribution in [2.45, 2.75) is 16.8 Å². The summed E-state index contributed by atoms with van der Waals surface area (Å²) in [5, 5.41) is 2.69. The van der Waals surface area contributed by atoms with Gasteiger partial charge < -0.3 is 19.5 Å². The second-order valence-corrected chi connectivity index (χ2v) is 13.1. The molecule has 5 rings (SSSR count). The van der Waals surface area contributed by atoms with E-state index in [1.54, 1.807) is 66.7 Å². The Morgan fingerprint density at radius 1 is 0.884 bits per heavy atom. The van der Waals surface area contributed by atoms with Crippen LogP contribution in [0.15, 0.2) is 102 Å². The maximum atomic E-state index is 13.4. The van der Waals surface area contributed by atoms with Crippen molar-refractivity contribution in [1.29, 1.82) is 0 Å². The smallest absolute Gasteiger partial charge is 0.267 e. The maximum Gasteiger partial charge on any atom is 0.267 e. The van der Waals surface area contributed by atoms with Gasteiger partial charge in [0.15, 0.2) is 6.10 Å². The van der Waals surface area contributed by atoms with E-state index in [2.05, 4.69) is 10.0 Å². The fourth-order valence-corrected chi connectivity index (χ4v) is 7.15. The first kappa shape index (κ1) is 29.7. The van der Waals surface area contributed by atoms with Gasteiger partial charge in [-0.25, -0.2) is 16.8 Å². The molecule has 0 aromatic heterocycles. The molecule has 4 aromatic rings. The summed E-state index contributed by atoms with van der Waals surface area (Å²) < 4.78 is 73.0. The lowest BCUT2D eigenvalue weighted by Crippen LogP contribution is -2.49. The monoisotopic (exact) mass is 623 g/mol. The molecule has 11 nitrogen and oxygen atoms in total. The number of rotatable bonds is 10. The van der Waals surface area contributed by atoms with Gasteiger partial charge >= 0.3 is 0 Å². The number of anilines is 3. The number of methoxy groups -OCH3 is 2. The van der Waals surface area contributed by atoms with E-state index in [4.69, 9.17) is 14.2 Å². The van der Waals surface area contributed by atoms with Gasteiger partial charge in [0.2, 0.25) is 10.0 Å². The second-order valence-electron chi connectivity index (χ2n) is 9.53. The van der Waals surface area contributed by atoms with Crippen LogP contribution in [-0.4, -0.2) is 49.6 Å². The Kier molecular flexibility index (Phi) is 8.46. The molecule has 1 amide bonds. The molecule has 1 aliphatic heterocycles. The van der Waals surface area contributed by atoms with Crippen molar-refractivity contribution in [2.75, 3.05) is 35.1 Å². The molecule has 0 radical (unpaired) electrons. The minimum atomic E-state index is -4.02. The lowest BCUT2D eigenvalue weighted by Gasteiger charge is -2.34. The summed E-state index contributed by atoms with van der Waals surface area (Å²) in [5.74, 6) is 0.162. The van der Waals surface area contributed by atoms with E-state index in [1.165, 1.54) is 48.9 Å². The second kappa shape index (κ2) is 12.2. The lowest BCUT2D eigenvalue weighted by atomic mass is 10.2. The molecular weight excluding hydrogens is 594 g/mol. The number of nitrogens with one attached hydrogen (secondary N) is 2. The van der Waals surface area contributed by atoms with Crippen LogP contribution in [0.4, 0.5) is 17.1 Å². The van der Waals surface area contributed by atoms with Crippen molar-refractivity contribution < 1.29 is 35.8 Å². The zero-order valence-corrected chi connectivity index (χ0v) is 24.9. The number of fused-ring (bicyclic) bond motifs is 1. The fraction of sp³-hybridized carbons (Fsp3) is 0.167. The number of sulfonamides is 2. The molecule has 0 bridgehead atoms. The minimum Gasteiger partial charge on any atom is -0.497 e. The lowest BCUT2D eigenvalue weighted by molar-refractivity contribution is -0.122. The van der Waals surface area contributed by atoms with Gasteiger partial charge in [-0.15, -0.1) is 0 Å². The van der Waals surface area contributed by atoms with Crippen molar-refractivity contribution in [3.05, 3.63) is 103 Å². The molecule has 0 saturated heterocycles. The molecule has 1 atom stereocenters. The molecule has 0 unspecified atom stereocenters. The molecule has 0 saturated carbocycles. The maximum absolute atomic E-state index is 13.4. The number of amides is 1. The van der Waals surface area contributed by atoms with Gasteiger partial charge in [0.05, 0.1) is 42.8 Å². The average Bonchev–Trinajstić information content (AvgIpc) is 3.00. The molecule has 4 aromatic carbocycles. The first-order chi connectivity index (χ1) is 20.6. The predicted molar refractivity (Wildman–Crippen MR) is 163 cm³/mol. The number of hydrogen-bond acceptors (Lipinski definition) is 8. The molecular formula is C30H29N3O8S2. The van der Waals surface area contributed by atoms with E-state index < -0.39 is 32.1 Å². The van der Waals surface area contributed by atoms with Crippen LogP contribution in [0.2, 0.25) is 0 Å². The number of benzene rings is 4. The molecule has 1 aliphatic rings. The number of para-hydroxylation sites is 2. The van der Waals surface area contributed by atoms with E-state index in [0.29, 0.717) is 28.4 Å². The van der Waals surface area contributed by atoms with E-state index in [0.717, 1.165) is 0 Å². The number of carbonyl (C=O) groups excluding carboxylic acids is 1. The molecule has 0 fully saturated rings. The summed E-state index contributed by atoms with van der Waals surface area (Å²) in [4.78, 5) is 13.2. The molecule has 224 valence electrons. The van der Waals surface area contributed by atoms with Crippen molar-refractivity contribution in [2.24, 2.45) is 0 Å². The average molecular weight is 624 g/mol. The standard InChI is InChI=1S/C30H29N3O8S2/c1-39-23-14-17-27(40-2)25(18-23)32-43(37,38)24-15-12-22(13-16-24)31-30(34)29-19-33(26-10-6-7-11-28(26)41-29)42(35,36)20-21-8-4-3-5-9-21/h3-18,29,32H,19-20H2,1-2H3,(H,31,34)/t29-/m1/s1. The van der Waals surface area contributed by atoms with Gasteiger partial charge in [0.25, 0.3) is 15.9 Å². The summed E-state index contributed by atoms with van der Waals surface area (Å²) in [5.41, 5.74) is 1.45. The van der Waals surface area contributed by atoms with Gasteiger partial charge in [0.1, 0.15) is 17.2 Å². The number of carbonyl (C=O) groups is 1. The molecule has 2 N–H and O–H groups in total. The largest absolute Gasteiger partial charge is 0.497 e. The van der Waals surface area contributed by atoms with Gasteiger partial charge in [-0.05, 0) is 54.1 Å². The summed E-state index contributed by atoms with van der Waals surface area (Å²) >= 11 is 0. The van der Waals surface area contributed by atoms with Crippen LogP contribution in [0, 0.1) is 0 Å². The van der Waals surface area contributed by atoms with Gasteiger partial charge in [-0.3, -0.25) is 13.8 Å². The Morgan fingerprint density at radius 3 is 2.28 bits per heavy atom. The predicted octanol–water partition coefficient (Wildman–Crippen LogP) is 4.24.